The lowest BCUT2D eigenvalue weighted by atomic mass is 9.87. The fourth-order valence-corrected chi connectivity index (χ4v) is 2.53. The quantitative estimate of drug-likeness (QED) is 0.238. The first-order chi connectivity index (χ1) is 10.2. The molecule has 21 heavy (non-hydrogen) atoms. The van der Waals surface area contributed by atoms with Crippen LogP contribution in [0.4, 0.5) is 0 Å². The van der Waals surface area contributed by atoms with Gasteiger partial charge in [0.15, 0.2) is 0 Å². The van der Waals surface area contributed by atoms with Gasteiger partial charge in [-0.25, -0.2) is 0 Å². The van der Waals surface area contributed by atoms with Crippen LogP contribution in [0.2, 0.25) is 0 Å². The number of allylic oxidation sites excluding steroid dienone is 2. The van der Waals surface area contributed by atoms with Gasteiger partial charge in [0.25, 0.3) is 0 Å². The highest BCUT2D eigenvalue weighted by molar-refractivity contribution is 5.48. The average Bonchev–Trinajstić information content (AvgIpc) is 2.47. The molecule has 0 aromatic carbocycles. The zero-order chi connectivity index (χ0) is 15.9. The lowest BCUT2D eigenvalue weighted by molar-refractivity contribution is -0.108. The highest BCUT2D eigenvalue weighted by Gasteiger charge is 2.20. The molecule has 0 radical (unpaired) electrons. The first-order valence-electron chi connectivity index (χ1n) is 8.07. The van der Waals surface area contributed by atoms with Crippen LogP contribution in [0.3, 0.4) is 0 Å². The number of carbonyl (C=O) groups is 1. The summed E-state index contributed by atoms with van der Waals surface area (Å²) in [6.07, 6.45) is 13.6. The number of hydrogen-bond donors (Lipinski definition) is 0. The summed E-state index contributed by atoms with van der Waals surface area (Å²) < 4.78 is 5.99. The van der Waals surface area contributed by atoms with Gasteiger partial charge in [0.2, 0.25) is 0 Å². The third-order valence-electron chi connectivity index (χ3n) is 3.79. The molecule has 3 unspecified atom stereocenters. The second kappa shape index (κ2) is 13.8. The predicted octanol–water partition coefficient (Wildman–Crippen LogP) is 5.11. The van der Waals surface area contributed by atoms with Crippen molar-refractivity contribution in [2.24, 2.45) is 11.8 Å². The van der Waals surface area contributed by atoms with E-state index in [4.69, 9.17) is 4.74 Å². The zero-order valence-electron chi connectivity index (χ0n) is 13.6. The highest BCUT2D eigenvalue weighted by atomic mass is 16.5. The minimum atomic E-state index is 0.183. The summed E-state index contributed by atoms with van der Waals surface area (Å²) in [6, 6.07) is 0. The summed E-state index contributed by atoms with van der Waals surface area (Å²) in [4.78, 5) is 10.4. The van der Waals surface area contributed by atoms with Crippen molar-refractivity contribution < 1.29 is 9.53 Å². The predicted molar refractivity (Wildman–Crippen MR) is 91.4 cm³/mol. The first-order valence-corrected chi connectivity index (χ1v) is 8.07. The molecule has 0 aliphatic rings. The second-order valence-corrected chi connectivity index (χ2v) is 5.73. The van der Waals surface area contributed by atoms with Gasteiger partial charge >= 0.3 is 0 Å². The molecule has 0 bridgehead atoms. The van der Waals surface area contributed by atoms with Crippen LogP contribution in [-0.4, -0.2) is 19.0 Å². The van der Waals surface area contributed by atoms with E-state index in [0.717, 1.165) is 38.4 Å². The molecule has 0 fully saturated rings. The van der Waals surface area contributed by atoms with Crippen molar-refractivity contribution in [3.8, 4) is 0 Å². The standard InChI is InChI=1S/C19H32O2/c1-5-10-17(4)13-14-18(11-6-2)19(12-7-3)21-16-9-8-15-20/h5-7,15,17-19H,1-3,8-14,16H2,4H3. The van der Waals surface area contributed by atoms with Gasteiger partial charge in [-0.1, -0.05) is 31.6 Å². The maximum Gasteiger partial charge on any atom is 0.120 e. The number of rotatable bonds is 15. The van der Waals surface area contributed by atoms with E-state index < -0.39 is 0 Å². The van der Waals surface area contributed by atoms with Crippen molar-refractivity contribution in [1.82, 2.24) is 0 Å². The summed E-state index contributed by atoms with van der Waals surface area (Å²) in [5.74, 6) is 1.14. The SMILES string of the molecule is C=CCC(C)CCC(CC=C)C(CC=C)OCCCC=O. The van der Waals surface area contributed by atoms with Crippen molar-refractivity contribution in [3.63, 3.8) is 0 Å². The third-order valence-corrected chi connectivity index (χ3v) is 3.79. The van der Waals surface area contributed by atoms with E-state index >= 15 is 0 Å². The molecule has 0 spiro atoms. The maximum atomic E-state index is 10.4. The van der Waals surface area contributed by atoms with Crippen LogP contribution >= 0.6 is 0 Å². The molecular formula is C19H32O2. The lowest BCUT2D eigenvalue weighted by Crippen LogP contribution is -2.24. The monoisotopic (exact) mass is 292 g/mol. The van der Waals surface area contributed by atoms with Crippen molar-refractivity contribution in [1.29, 1.82) is 0 Å². The topological polar surface area (TPSA) is 26.3 Å². The highest BCUT2D eigenvalue weighted by Crippen LogP contribution is 2.25. The van der Waals surface area contributed by atoms with Crippen molar-refractivity contribution >= 4 is 6.29 Å². The lowest BCUT2D eigenvalue weighted by Gasteiger charge is -2.27. The van der Waals surface area contributed by atoms with E-state index in [1.165, 1.54) is 6.42 Å². The Bertz CT molecular complexity index is 296. The largest absolute Gasteiger partial charge is 0.378 e. The van der Waals surface area contributed by atoms with Gasteiger partial charge in [-0.15, -0.1) is 19.7 Å². The smallest absolute Gasteiger partial charge is 0.120 e. The Balaban J connectivity index is 4.41. The molecule has 0 saturated carbocycles. The molecule has 120 valence electrons. The summed E-state index contributed by atoms with van der Waals surface area (Å²) in [5, 5.41) is 0. The molecule has 0 rings (SSSR count). The molecular weight excluding hydrogens is 260 g/mol. The zero-order valence-corrected chi connectivity index (χ0v) is 13.6. The summed E-state index contributed by atoms with van der Waals surface area (Å²) in [5.41, 5.74) is 0. The van der Waals surface area contributed by atoms with Gasteiger partial charge in [-0.3, -0.25) is 0 Å². The number of aldehydes is 1. The number of carbonyl (C=O) groups excluding carboxylic acids is 1. The fraction of sp³-hybridized carbons (Fsp3) is 0.632. The Labute approximate surface area is 131 Å². The van der Waals surface area contributed by atoms with E-state index in [9.17, 15) is 4.79 Å². The summed E-state index contributed by atoms with van der Waals surface area (Å²) in [7, 11) is 0. The Kier molecular flexibility index (Phi) is 13.1. The van der Waals surface area contributed by atoms with Crippen molar-refractivity contribution in [2.45, 2.75) is 58.0 Å². The van der Waals surface area contributed by atoms with Gasteiger partial charge in [0.1, 0.15) is 6.29 Å². The molecule has 0 aliphatic carbocycles. The van der Waals surface area contributed by atoms with E-state index in [1.807, 2.05) is 18.2 Å². The molecule has 0 amide bonds. The van der Waals surface area contributed by atoms with Crippen LogP contribution in [0.5, 0.6) is 0 Å². The van der Waals surface area contributed by atoms with Gasteiger partial charge in [-0.2, -0.15) is 0 Å². The van der Waals surface area contributed by atoms with Crippen LogP contribution in [-0.2, 0) is 9.53 Å². The molecule has 0 N–H and O–H groups in total. The van der Waals surface area contributed by atoms with E-state index in [1.54, 1.807) is 0 Å². The maximum absolute atomic E-state index is 10.4. The van der Waals surface area contributed by atoms with E-state index in [-0.39, 0.29) is 6.10 Å². The summed E-state index contributed by atoms with van der Waals surface area (Å²) >= 11 is 0. The number of hydrogen-bond acceptors (Lipinski definition) is 2. The van der Waals surface area contributed by atoms with Crippen LogP contribution in [0, 0.1) is 11.8 Å². The van der Waals surface area contributed by atoms with Crippen LogP contribution in [0.15, 0.2) is 38.0 Å². The number of unbranched alkanes of at least 4 members (excludes halogenated alkanes) is 1. The van der Waals surface area contributed by atoms with Crippen LogP contribution in [0.1, 0.15) is 51.9 Å². The summed E-state index contributed by atoms with van der Waals surface area (Å²) in [6.45, 7) is 14.4. The van der Waals surface area contributed by atoms with E-state index in [0.29, 0.717) is 24.9 Å². The van der Waals surface area contributed by atoms with Crippen molar-refractivity contribution in [2.75, 3.05) is 6.61 Å². The average molecular weight is 292 g/mol. The Morgan fingerprint density at radius 3 is 2.24 bits per heavy atom. The van der Waals surface area contributed by atoms with Gasteiger partial charge in [0, 0.05) is 13.0 Å². The second-order valence-electron chi connectivity index (χ2n) is 5.73. The molecule has 0 saturated heterocycles. The normalized spacial score (nSPS) is 14.9. The Hall–Kier alpha value is -1.15. The molecule has 3 atom stereocenters. The molecule has 0 aliphatic heterocycles. The minimum absolute atomic E-state index is 0.183. The number of ether oxygens (including phenoxy) is 1. The first kappa shape index (κ1) is 19.9. The Morgan fingerprint density at radius 2 is 1.67 bits per heavy atom. The third kappa shape index (κ3) is 10.3. The fourth-order valence-electron chi connectivity index (χ4n) is 2.53. The molecule has 0 heterocycles. The van der Waals surface area contributed by atoms with Gasteiger partial charge < -0.3 is 9.53 Å². The van der Waals surface area contributed by atoms with Gasteiger partial charge in [0.05, 0.1) is 6.10 Å². The molecule has 2 heteroatoms. The van der Waals surface area contributed by atoms with Crippen LogP contribution < -0.4 is 0 Å². The molecule has 0 aromatic heterocycles. The van der Waals surface area contributed by atoms with E-state index in [2.05, 4.69) is 26.7 Å². The molecule has 2 nitrogen and oxygen atoms in total. The van der Waals surface area contributed by atoms with Gasteiger partial charge in [-0.05, 0) is 43.9 Å². The van der Waals surface area contributed by atoms with Crippen molar-refractivity contribution in [3.05, 3.63) is 38.0 Å². The Morgan fingerprint density at radius 1 is 1.00 bits per heavy atom. The molecule has 0 aromatic rings. The minimum Gasteiger partial charge on any atom is -0.378 e. The van der Waals surface area contributed by atoms with Crippen LogP contribution in [0.25, 0.3) is 0 Å².